The summed E-state index contributed by atoms with van der Waals surface area (Å²) in [7, 11) is 0. The molecule has 5 heteroatoms. The molecule has 0 spiro atoms. The highest BCUT2D eigenvalue weighted by Crippen LogP contribution is 2.09. The Hall–Kier alpha value is -2.43. The molecule has 2 aromatic heterocycles. The first-order chi connectivity index (χ1) is 8.26. The predicted molar refractivity (Wildman–Crippen MR) is 68.9 cm³/mol. The van der Waals surface area contributed by atoms with Crippen molar-refractivity contribution in [3.63, 3.8) is 0 Å². The van der Waals surface area contributed by atoms with Gasteiger partial charge in [-0.1, -0.05) is 12.7 Å². The topological polar surface area (TPSA) is 68.6 Å². The Labute approximate surface area is 99.0 Å². The highest BCUT2D eigenvalue weighted by Gasteiger charge is 2.08. The molecule has 0 unspecified atom stereocenters. The smallest absolute Gasteiger partial charge is 0.187 e. The normalized spacial score (nSPS) is 12.4. The molecule has 0 aliphatic heterocycles. The molecule has 0 saturated heterocycles. The van der Waals surface area contributed by atoms with E-state index in [2.05, 4.69) is 21.8 Å². The molecule has 2 aromatic rings. The van der Waals surface area contributed by atoms with Crippen LogP contribution >= 0.6 is 0 Å². The van der Waals surface area contributed by atoms with Gasteiger partial charge in [-0.15, -0.1) is 10.2 Å². The van der Waals surface area contributed by atoms with Crippen molar-refractivity contribution in [1.82, 2.24) is 14.6 Å². The summed E-state index contributed by atoms with van der Waals surface area (Å²) in [6.07, 6.45) is 6.92. The molecule has 0 aromatic carbocycles. The first-order valence-corrected chi connectivity index (χ1v) is 5.18. The molecule has 0 amide bonds. The highest BCUT2D eigenvalue weighted by atomic mass is 15.2. The molecule has 5 nitrogen and oxygen atoms in total. The van der Waals surface area contributed by atoms with E-state index in [4.69, 9.17) is 5.73 Å². The van der Waals surface area contributed by atoms with Gasteiger partial charge in [0.2, 0.25) is 0 Å². The lowest BCUT2D eigenvalue weighted by atomic mass is 10.3. The lowest BCUT2D eigenvalue weighted by molar-refractivity contribution is 1.08. The van der Waals surface area contributed by atoms with Crippen LogP contribution in [0.3, 0.4) is 0 Å². The number of hydrogen-bond donors (Lipinski definition) is 1. The van der Waals surface area contributed by atoms with Crippen molar-refractivity contribution in [1.29, 1.82) is 0 Å². The number of nitrogens with two attached hydrogens (primary N) is 1. The molecule has 0 fully saturated rings. The van der Waals surface area contributed by atoms with E-state index >= 15 is 0 Å². The van der Waals surface area contributed by atoms with E-state index in [9.17, 15) is 0 Å². The van der Waals surface area contributed by atoms with Crippen LogP contribution in [0.5, 0.6) is 0 Å². The molecular weight excluding hydrogens is 214 g/mol. The molecule has 17 heavy (non-hydrogen) atoms. The molecule has 2 heterocycles. The van der Waals surface area contributed by atoms with E-state index in [1.165, 1.54) is 0 Å². The minimum Gasteiger partial charge on any atom is -0.398 e. The first kappa shape index (κ1) is 11.1. The van der Waals surface area contributed by atoms with Crippen molar-refractivity contribution in [2.75, 3.05) is 5.73 Å². The molecule has 2 rings (SSSR count). The van der Waals surface area contributed by atoms with Crippen molar-refractivity contribution in [2.24, 2.45) is 4.99 Å². The number of nitrogen functional groups attached to an aromatic ring is 1. The van der Waals surface area contributed by atoms with Crippen LogP contribution in [0.2, 0.25) is 0 Å². The lowest BCUT2D eigenvalue weighted by Crippen LogP contribution is -2.03. The number of aliphatic imine (C=N–C) groups is 1. The van der Waals surface area contributed by atoms with Crippen molar-refractivity contribution < 1.29 is 0 Å². The van der Waals surface area contributed by atoms with Gasteiger partial charge >= 0.3 is 0 Å². The molecule has 0 aliphatic rings. The van der Waals surface area contributed by atoms with Crippen molar-refractivity contribution in [3.8, 4) is 0 Å². The second-order valence-corrected chi connectivity index (χ2v) is 3.42. The zero-order valence-corrected chi connectivity index (χ0v) is 9.54. The van der Waals surface area contributed by atoms with Gasteiger partial charge < -0.3 is 5.73 Å². The summed E-state index contributed by atoms with van der Waals surface area (Å²) in [5, 5.41) is 8.12. The van der Waals surface area contributed by atoms with Crippen LogP contribution in [0, 0.1) is 0 Å². The van der Waals surface area contributed by atoms with Crippen LogP contribution in [-0.2, 0) is 0 Å². The number of anilines is 1. The summed E-state index contributed by atoms with van der Waals surface area (Å²) in [6.45, 7) is 5.62. The molecule has 0 atom stereocenters. The zero-order valence-electron chi connectivity index (χ0n) is 9.54. The fraction of sp³-hybridized carbons (Fsp3) is 0.0833. The summed E-state index contributed by atoms with van der Waals surface area (Å²) < 4.78 is 1.79. The lowest BCUT2D eigenvalue weighted by Gasteiger charge is -1.99. The fourth-order valence-electron chi connectivity index (χ4n) is 1.44. The predicted octanol–water partition coefficient (Wildman–Crippen LogP) is 1.82. The molecule has 0 aliphatic carbocycles. The Kier molecular flexibility index (Phi) is 3.00. The average molecular weight is 227 g/mol. The summed E-state index contributed by atoms with van der Waals surface area (Å²) in [5.41, 5.74) is 7.76. The summed E-state index contributed by atoms with van der Waals surface area (Å²) in [5.74, 6) is 0.625. The minimum atomic E-state index is 0.625. The number of aromatic nitrogens is 3. The Balaban J connectivity index is 2.61. The summed E-state index contributed by atoms with van der Waals surface area (Å²) in [4.78, 5) is 4.24. The van der Waals surface area contributed by atoms with Gasteiger partial charge in [-0.25, -0.2) is 0 Å². The third-order valence-corrected chi connectivity index (χ3v) is 2.21. The van der Waals surface area contributed by atoms with Crippen molar-refractivity contribution in [3.05, 3.63) is 49.1 Å². The number of nitrogens with zero attached hydrogens (tertiary/aromatic N) is 4. The molecule has 86 valence electrons. The van der Waals surface area contributed by atoms with Gasteiger partial charge in [0.1, 0.15) is 5.71 Å². The van der Waals surface area contributed by atoms with Crippen LogP contribution < -0.4 is 5.73 Å². The molecule has 2 N–H and O–H groups in total. The highest BCUT2D eigenvalue weighted by molar-refractivity contribution is 6.06. The Bertz CT molecular complexity index is 606. The van der Waals surface area contributed by atoms with Gasteiger partial charge in [0.15, 0.2) is 11.5 Å². The van der Waals surface area contributed by atoms with E-state index in [0.29, 0.717) is 17.2 Å². The van der Waals surface area contributed by atoms with Gasteiger partial charge in [-0.2, -0.15) is 0 Å². The van der Waals surface area contributed by atoms with Crippen LogP contribution in [0.15, 0.2) is 48.3 Å². The van der Waals surface area contributed by atoms with Gasteiger partial charge in [0, 0.05) is 18.1 Å². The third kappa shape index (κ3) is 2.08. The van der Waals surface area contributed by atoms with Gasteiger partial charge in [-0.3, -0.25) is 9.39 Å². The second-order valence-electron chi connectivity index (χ2n) is 3.42. The van der Waals surface area contributed by atoms with E-state index in [1.807, 2.05) is 19.1 Å². The van der Waals surface area contributed by atoms with Crippen molar-refractivity contribution >= 4 is 17.0 Å². The molecule has 0 radical (unpaired) electrons. The number of rotatable bonds is 3. The number of pyridine rings is 1. The number of allylic oxidation sites excluding steroid dienone is 2. The maximum atomic E-state index is 5.74. The maximum Gasteiger partial charge on any atom is 0.187 e. The third-order valence-electron chi connectivity index (χ3n) is 2.21. The molecule has 0 bridgehead atoms. The van der Waals surface area contributed by atoms with Gasteiger partial charge in [0.25, 0.3) is 0 Å². The number of hydrogen-bond acceptors (Lipinski definition) is 4. The summed E-state index contributed by atoms with van der Waals surface area (Å²) >= 11 is 0. The van der Waals surface area contributed by atoms with Crippen LogP contribution in [0.1, 0.15) is 12.7 Å². The molecular formula is C12H13N5. The fourth-order valence-corrected chi connectivity index (χ4v) is 1.44. The van der Waals surface area contributed by atoms with Gasteiger partial charge in [0.05, 0.1) is 0 Å². The van der Waals surface area contributed by atoms with Crippen LogP contribution in [0.4, 0.5) is 5.69 Å². The average Bonchev–Trinajstić information content (AvgIpc) is 2.73. The van der Waals surface area contributed by atoms with E-state index in [1.54, 1.807) is 28.9 Å². The van der Waals surface area contributed by atoms with Crippen molar-refractivity contribution in [2.45, 2.75) is 6.92 Å². The maximum absolute atomic E-state index is 5.74. The van der Waals surface area contributed by atoms with E-state index in [-0.39, 0.29) is 0 Å². The standard InChI is InChI=1S/C12H13N5/c1-3-7-14-10(4-2)12-16-15-11-6-5-9(13)8-17(11)12/h3-8H,2,13H2,1H3/b7-3-,14-10?. The van der Waals surface area contributed by atoms with E-state index < -0.39 is 0 Å². The van der Waals surface area contributed by atoms with Crippen LogP contribution in [0.25, 0.3) is 5.65 Å². The summed E-state index contributed by atoms with van der Waals surface area (Å²) in [6, 6.07) is 3.59. The van der Waals surface area contributed by atoms with Crippen LogP contribution in [-0.4, -0.2) is 20.3 Å². The minimum absolute atomic E-state index is 0.625. The Morgan fingerprint density at radius 3 is 3.00 bits per heavy atom. The monoisotopic (exact) mass is 227 g/mol. The number of fused-ring (bicyclic) bond motifs is 1. The van der Waals surface area contributed by atoms with E-state index in [0.717, 1.165) is 5.65 Å². The largest absolute Gasteiger partial charge is 0.398 e. The van der Waals surface area contributed by atoms with Gasteiger partial charge in [-0.05, 0) is 25.1 Å². The molecule has 0 saturated carbocycles. The second kappa shape index (κ2) is 4.61. The Morgan fingerprint density at radius 1 is 1.47 bits per heavy atom. The zero-order chi connectivity index (χ0) is 12.3. The first-order valence-electron chi connectivity index (χ1n) is 5.18. The SMILES string of the molecule is C=CC(=N/C=C\C)c1nnc2ccc(N)cn12. The quantitative estimate of drug-likeness (QED) is 0.813. The Morgan fingerprint density at radius 2 is 2.29 bits per heavy atom.